The Morgan fingerprint density at radius 3 is 2.41 bits per heavy atom. The molecule has 7 nitrogen and oxygen atoms in total. The fourth-order valence-electron chi connectivity index (χ4n) is 8.49. The van der Waals surface area contributed by atoms with Gasteiger partial charge in [0.25, 0.3) is 15.9 Å². The summed E-state index contributed by atoms with van der Waals surface area (Å²) in [5, 5.41) is 2.61. The van der Waals surface area contributed by atoms with Crippen molar-refractivity contribution in [1.29, 1.82) is 0 Å². The molecule has 51 heavy (non-hydrogen) atoms. The molecule has 6 rings (SSSR count). The molecule has 0 saturated heterocycles. The lowest BCUT2D eigenvalue weighted by atomic mass is 9.84. The van der Waals surface area contributed by atoms with Crippen molar-refractivity contribution in [2.45, 2.75) is 98.7 Å². The molecule has 2 aliphatic heterocycles. The van der Waals surface area contributed by atoms with Crippen LogP contribution in [0.25, 0.3) is 11.1 Å². The third kappa shape index (κ3) is 7.63. The molecule has 0 bridgehead atoms. The largest absolute Gasteiger partial charge is 0.363 e. The molecule has 0 spiro atoms. The molecule has 0 amide bonds. The van der Waals surface area contributed by atoms with E-state index in [1.807, 2.05) is 0 Å². The third-order valence-electron chi connectivity index (χ3n) is 10.9. The number of hydrogen-bond acceptors (Lipinski definition) is 3. The van der Waals surface area contributed by atoms with Gasteiger partial charge in [0.2, 0.25) is 5.36 Å². The Labute approximate surface area is 305 Å². The summed E-state index contributed by atoms with van der Waals surface area (Å²) in [6.45, 7) is 17.1. The van der Waals surface area contributed by atoms with Crippen LogP contribution in [0.5, 0.6) is 0 Å². The Morgan fingerprint density at radius 1 is 0.980 bits per heavy atom. The summed E-state index contributed by atoms with van der Waals surface area (Å²) >= 11 is 0. The van der Waals surface area contributed by atoms with Crippen LogP contribution in [0.4, 0.5) is 5.69 Å². The van der Waals surface area contributed by atoms with E-state index in [2.05, 4.69) is 140 Å². The lowest BCUT2D eigenvalue weighted by Gasteiger charge is -2.43. The van der Waals surface area contributed by atoms with Crippen LogP contribution in [-0.2, 0) is 49.5 Å². The molecule has 0 saturated carbocycles. The normalized spacial score (nSPS) is 16.1. The van der Waals surface area contributed by atoms with Crippen LogP contribution in [0.1, 0.15) is 100 Å². The van der Waals surface area contributed by atoms with Crippen molar-refractivity contribution in [2.75, 3.05) is 23.7 Å². The van der Waals surface area contributed by atoms with Crippen LogP contribution in [0.15, 0.2) is 73.1 Å². The number of unbranched alkanes of at least 4 members (excludes halogenated alkanes) is 1. The predicted octanol–water partition coefficient (Wildman–Crippen LogP) is 6.01. The number of fused-ring (bicyclic) bond motifs is 2. The van der Waals surface area contributed by atoms with Crippen molar-refractivity contribution in [2.24, 2.45) is 7.05 Å². The number of nitrogens with zero attached hydrogens (tertiary/aromatic N) is 4. The Morgan fingerprint density at radius 2 is 1.73 bits per heavy atom. The summed E-state index contributed by atoms with van der Waals surface area (Å²) in [6.07, 6.45) is 11.6. The summed E-state index contributed by atoms with van der Waals surface area (Å²) in [5.41, 5.74) is 11.6. The SMILES string of the molecule is CCc1cc2c(cc1/C(c1n(CCCCS(=O)(=O)O)cc[n+]1C)=c1/cc3c(cc1CC)=[N+](Cc1ccccc1)CCC3)C(C)=CC(C)(C)N2CC. The van der Waals surface area contributed by atoms with E-state index in [1.165, 1.54) is 60.8 Å². The van der Waals surface area contributed by atoms with Crippen LogP contribution in [0.3, 0.4) is 0 Å². The summed E-state index contributed by atoms with van der Waals surface area (Å²) in [5.74, 6) is 0.880. The van der Waals surface area contributed by atoms with Gasteiger partial charge in [-0.15, -0.1) is 0 Å². The van der Waals surface area contributed by atoms with Crippen LogP contribution in [-0.4, -0.2) is 41.9 Å². The second-order valence-electron chi connectivity index (χ2n) is 14.9. The van der Waals surface area contributed by atoms with Gasteiger partial charge in [0.15, 0.2) is 6.54 Å². The second-order valence-corrected chi connectivity index (χ2v) is 16.5. The number of allylic oxidation sites excluding steroid dienone is 1. The number of likely N-dealkylation sites (N-methyl/N-ethyl adjacent to an activating group) is 1. The summed E-state index contributed by atoms with van der Waals surface area (Å²) in [6, 6.07) is 20.6. The van der Waals surface area contributed by atoms with Gasteiger partial charge in [-0.3, -0.25) is 4.55 Å². The predicted molar refractivity (Wildman–Crippen MR) is 209 cm³/mol. The van der Waals surface area contributed by atoms with E-state index in [-0.39, 0.29) is 11.3 Å². The first kappa shape index (κ1) is 36.8. The highest BCUT2D eigenvalue weighted by molar-refractivity contribution is 7.85. The van der Waals surface area contributed by atoms with Crippen LogP contribution in [0, 0.1) is 0 Å². The van der Waals surface area contributed by atoms with Gasteiger partial charge in [0, 0.05) is 41.4 Å². The number of benzene rings is 3. The smallest absolute Gasteiger partial charge is 0.289 e. The standard InChI is InChI=1S/C43H55N4O3S/c1-8-33-26-39-35(19-16-21-46(39)30-32-17-12-11-13-18-32)25-37(33)41(42-44(7)22-23-45(42)20-14-15-24-51(48,49)50)38-28-36-31(4)29-43(5,6)47(10-3)40(36)27-34(38)9-2/h11-13,17-18,22-23,25-29H,8-10,14-16,19-21,24,30H2,1-7H3/q+1/p+1. The second kappa shape index (κ2) is 14.9. The molecule has 0 fully saturated rings. The maximum atomic E-state index is 11.5. The highest BCUT2D eigenvalue weighted by atomic mass is 32.2. The van der Waals surface area contributed by atoms with Gasteiger partial charge in [0.1, 0.15) is 18.9 Å². The van der Waals surface area contributed by atoms with Crippen molar-refractivity contribution in [3.05, 3.63) is 123 Å². The first-order chi connectivity index (χ1) is 24.3. The van der Waals surface area contributed by atoms with E-state index in [1.54, 1.807) is 0 Å². The molecular formula is C43H56N4O3S+2. The van der Waals surface area contributed by atoms with Crippen molar-refractivity contribution in [3.63, 3.8) is 0 Å². The van der Waals surface area contributed by atoms with Gasteiger partial charge in [0.05, 0.1) is 30.5 Å². The first-order valence-electron chi connectivity index (χ1n) is 18.8. The van der Waals surface area contributed by atoms with Crippen molar-refractivity contribution < 1.29 is 17.5 Å². The average Bonchev–Trinajstić information content (AvgIpc) is 3.45. The number of imidazole rings is 1. The van der Waals surface area contributed by atoms with E-state index < -0.39 is 10.1 Å². The van der Waals surface area contributed by atoms with Crippen LogP contribution < -0.4 is 24.6 Å². The van der Waals surface area contributed by atoms with Gasteiger partial charge < -0.3 is 4.90 Å². The van der Waals surface area contributed by atoms with E-state index >= 15 is 0 Å². The number of anilines is 1. The fraction of sp³-hybridized carbons (Fsp3) is 0.442. The quantitative estimate of drug-likeness (QED) is 0.111. The molecule has 1 N–H and O–H groups in total. The number of hydrogen-bond donors (Lipinski definition) is 1. The highest BCUT2D eigenvalue weighted by Crippen LogP contribution is 2.42. The molecular weight excluding hydrogens is 653 g/mol. The maximum Gasteiger partial charge on any atom is 0.289 e. The first-order valence-corrected chi connectivity index (χ1v) is 20.4. The fourth-order valence-corrected chi connectivity index (χ4v) is 9.06. The van der Waals surface area contributed by atoms with Crippen molar-refractivity contribution in [1.82, 2.24) is 9.14 Å². The summed E-state index contributed by atoms with van der Waals surface area (Å²) in [7, 11) is -1.88. The lowest BCUT2D eigenvalue weighted by molar-refractivity contribution is -0.673. The van der Waals surface area contributed by atoms with E-state index in [0.717, 1.165) is 51.1 Å². The van der Waals surface area contributed by atoms with E-state index in [9.17, 15) is 13.0 Å². The topological polar surface area (TPSA) is 69.4 Å². The molecule has 8 heteroatoms. The van der Waals surface area contributed by atoms with Gasteiger partial charge in [-0.05, 0) is 105 Å². The molecule has 0 aliphatic carbocycles. The highest BCUT2D eigenvalue weighted by Gasteiger charge is 2.33. The zero-order chi connectivity index (χ0) is 36.5. The maximum absolute atomic E-state index is 11.5. The van der Waals surface area contributed by atoms with E-state index in [0.29, 0.717) is 19.4 Å². The van der Waals surface area contributed by atoms with Crippen LogP contribution >= 0.6 is 0 Å². The molecule has 0 radical (unpaired) electrons. The molecule has 3 aromatic carbocycles. The van der Waals surface area contributed by atoms with Gasteiger partial charge in [-0.25, -0.2) is 13.7 Å². The van der Waals surface area contributed by atoms with Crippen LogP contribution in [0.2, 0.25) is 0 Å². The summed E-state index contributed by atoms with van der Waals surface area (Å²) in [4.78, 5) is 2.52. The Hall–Kier alpha value is -4.01. The number of aromatic nitrogens is 2. The Balaban J connectivity index is 1.65. The monoisotopic (exact) mass is 708 g/mol. The Kier molecular flexibility index (Phi) is 10.8. The number of rotatable bonds is 12. The summed E-state index contributed by atoms with van der Waals surface area (Å²) < 4.78 is 39.5. The molecule has 3 heterocycles. The van der Waals surface area contributed by atoms with Gasteiger partial charge in [-0.1, -0.05) is 50.3 Å². The average molecular weight is 709 g/mol. The molecule has 0 unspecified atom stereocenters. The molecule has 2 aliphatic rings. The van der Waals surface area contributed by atoms with Crippen molar-refractivity contribution in [3.8, 4) is 0 Å². The molecule has 4 aromatic rings. The zero-order valence-electron chi connectivity index (χ0n) is 31.7. The molecule has 270 valence electrons. The van der Waals surface area contributed by atoms with Crippen molar-refractivity contribution >= 4 is 27.0 Å². The van der Waals surface area contributed by atoms with Gasteiger partial charge in [-0.2, -0.15) is 8.42 Å². The minimum Gasteiger partial charge on any atom is -0.363 e. The molecule has 0 atom stereocenters. The lowest BCUT2D eigenvalue weighted by Crippen LogP contribution is -2.45. The number of aryl methyl sites for hydroxylation is 5. The van der Waals surface area contributed by atoms with Gasteiger partial charge >= 0.3 is 0 Å². The minimum absolute atomic E-state index is 0.0758. The minimum atomic E-state index is -4.00. The zero-order valence-corrected chi connectivity index (χ0v) is 32.5. The molecule has 1 aromatic heterocycles. The Bertz CT molecular complexity index is 2200. The third-order valence-corrected chi connectivity index (χ3v) is 11.7. The van der Waals surface area contributed by atoms with E-state index in [4.69, 9.17) is 0 Å².